The van der Waals surface area contributed by atoms with Gasteiger partial charge >= 0.3 is 11.9 Å². The van der Waals surface area contributed by atoms with Gasteiger partial charge in [-0.25, -0.2) is 4.98 Å². The average molecular weight is 622 g/mol. The number of benzene rings is 1. The summed E-state index contributed by atoms with van der Waals surface area (Å²) in [7, 11) is 0. The minimum absolute atomic E-state index is 0.0623. The Morgan fingerprint density at radius 1 is 0.822 bits per heavy atom. The summed E-state index contributed by atoms with van der Waals surface area (Å²) in [6, 6.07) is 9.94. The Hall–Kier alpha value is -2.98. The maximum atomic E-state index is 14.1. The summed E-state index contributed by atoms with van der Waals surface area (Å²) in [6.45, 7) is 5.94. The molecule has 4 aliphatic rings. The largest absolute Gasteiger partial charge is 0.466 e. The number of aromatic nitrogens is 2. The molecule has 1 aromatic carbocycles. The second-order valence-electron chi connectivity index (χ2n) is 13.5. The van der Waals surface area contributed by atoms with Crippen molar-refractivity contribution in [2.75, 3.05) is 44.7 Å². The maximum absolute atomic E-state index is 14.1. The quantitative estimate of drug-likeness (QED) is 0.376. The Bertz CT molecular complexity index is 1350. The Kier molecular flexibility index (Phi) is 10.4. The topological polar surface area (TPSA) is 106 Å². The highest BCUT2D eigenvalue weighted by Gasteiger charge is 2.45. The fourth-order valence-corrected chi connectivity index (χ4v) is 8.73. The van der Waals surface area contributed by atoms with E-state index in [4.69, 9.17) is 14.5 Å². The summed E-state index contributed by atoms with van der Waals surface area (Å²) in [5.74, 6) is -1.46. The third-order valence-electron chi connectivity index (χ3n) is 10.7. The third-order valence-corrected chi connectivity index (χ3v) is 10.7. The van der Waals surface area contributed by atoms with Crippen LogP contribution in [0.1, 0.15) is 90.5 Å². The number of fused-ring (bicyclic) bond motifs is 3. The van der Waals surface area contributed by atoms with E-state index in [0.717, 1.165) is 23.9 Å². The van der Waals surface area contributed by atoms with Gasteiger partial charge in [-0.1, -0.05) is 44.2 Å². The van der Waals surface area contributed by atoms with Crippen molar-refractivity contribution in [1.29, 1.82) is 0 Å². The molecule has 2 unspecified atom stereocenters. The summed E-state index contributed by atoms with van der Waals surface area (Å²) in [5.41, 5.74) is 1.67. The minimum Gasteiger partial charge on any atom is -0.466 e. The molecule has 1 saturated carbocycles. The second kappa shape index (κ2) is 14.6. The van der Waals surface area contributed by atoms with E-state index in [-0.39, 0.29) is 36.8 Å². The standard InChI is InChI=1S/C35H51N5O5/c1-3-44-34(42)28-22-38(23-29(28)35(43)45-4-2)19-18-36-32-33(41)40(31-15-11-10-14-30(31)37-32)27-20-25-16-17-26(21-27)39(25)24-12-8-6-5-7-9-13-24/h10-11,14-15,24-29H,3-9,12-13,16-23H2,1-2H3,(H,36,37)/t25?,26?,27?,28-,29-/m1/s1. The third kappa shape index (κ3) is 6.92. The lowest BCUT2D eigenvalue weighted by molar-refractivity contribution is -0.157. The second-order valence-corrected chi connectivity index (χ2v) is 13.5. The van der Waals surface area contributed by atoms with Gasteiger partial charge in [0.1, 0.15) is 0 Å². The molecule has 0 radical (unpaired) electrons. The highest BCUT2D eigenvalue weighted by Crippen LogP contribution is 2.44. The number of likely N-dealkylation sites (tertiary alicyclic amines) is 1. The van der Waals surface area contributed by atoms with E-state index in [1.807, 2.05) is 28.8 Å². The molecule has 3 aliphatic heterocycles. The molecule has 1 aliphatic carbocycles. The first-order valence-corrected chi connectivity index (χ1v) is 17.6. The molecule has 4 heterocycles. The van der Waals surface area contributed by atoms with E-state index < -0.39 is 11.8 Å². The summed E-state index contributed by atoms with van der Waals surface area (Å²) in [5, 5.41) is 3.33. The Morgan fingerprint density at radius 3 is 2.04 bits per heavy atom. The number of carbonyl (C=O) groups excluding carboxylic acids is 2. The SMILES string of the molecule is CCOC(=O)[C@@H]1CN(CCNc2nc3ccccc3n(C3CC4CCC(C3)N4C3CCCCCCC3)c2=O)C[C@H]1C(=O)OCC. The molecule has 3 saturated heterocycles. The van der Waals surface area contributed by atoms with Crippen molar-refractivity contribution in [2.45, 2.75) is 109 Å². The van der Waals surface area contributed by atoms with Gasteiger partial charge in [0.2, 0.25) is 0 Å². The van der Waals surface area contributed by atoms with Crippen LogP contribution in [0.2, 0.25) is 0 Å². The lowest BCUT2D eigenvalue weighted by Gasteiger charge is -2.45. The molecule has 10 heteroatoms. The van der Waals surface area contributed by atoms with E-state index >= 15 is 0 Å². The Morgan fingerprint density at radius 2 is 1.42 bits per heavy atom. The van der Waals surface area contributed by atoms with Crippen LogP contribution in [0.5, 0.6) is 0 Å². The zero-order chi connectivity index (χ0) is 31.3. The van der Waals surface area contributed by atoms with Gasteiger partial charge in [0.25, 0.3) is 5.56 Å². The van der Waals surface area contributed by atoms with E-state index in [2.05, 4.69) is 15.1 Å². The molecule has 4 atom stereocenters. The van der Waals surface area contributed by atoms with Crippen molar-refractivity contribution in [3.05, 3.63) is 34.6 Å². The summed E-state index contributed by atoms with van der Waals surface area (Å²) < 4.78 is 12.6. The van der Waals surface area contributed by atoms with Crippen LogP contribution in [0.3, 0.4) is 0 Å². The van der Waals surface area contributed by atoms with E-state index in [9.17, 15) is 14.4 Å². The number of hydrogen-bond donors (Lipinski definition) is 1. The molecular formula is C35H51N5O5. The van der Waals surface area contributed by atoms with Crippen LogP contribution in [0.15, 0.2) is 29.1 Å². The summed E-state index contributed by atoms with van der Waals surface area (Å²) in [6.07, 6.45) is 13.9. The number of nitrogens with zero attached hydrogens (tertiary/aromatic N) is 4. The Balaban J connectivity index is 1.16. The van der Waals surface area contributed by atoms with Crippen LogP contribution < -0.4 is 10.9 Å². The van der Waals surface area contributed by atoms with Crippen molar-refractivity contribution in [3.63, 3.8) is 0 Å². The van der Waals surface area contributed by atoms with Gasteiger partial charge < -0.3 is 19.4 Å². The van der Waals surface area contributed by atoms with E-state index in [1.54, 1.807) is 13.8 Å². The van der Waals surface area contributed by atoms with Crippen molar-refractivity contribution in [1.82, 2.24) is 19.4 Å². The molecule has 2 bridgehead atoms. The normalized spacial score (nSPS) is 28.1. The zero-order valence-electron chi connectivity index (χ0n) is 27.1. The van der Waals surface area contributed by atoms with Gasteiger partial charge in [0, 0.05) is 50.3 Å². The number of rotatable bonds is 10. The number of piperidine rings is 1. The van der Waals surface area contributed by atoms with Crippen molar-refractivity contribution >= 4 is 28.8 Å². The first-order valence-electron chi connectivity index (χ1n) is 17.6. The van der Waals surface area contributed by atoms with Gasteiger partial charge in [-0.2, -0.15) is 0 Å². The molecule has 0 spiro atoms. The highest BCUT2D eigenvalue weighted by molar-refractivity contribution is 5.83. The van der Waals surface area contributed by atoms with E-state index in [1.165, 1.54) is 57.8 Å². The lowest BCUT2D eigenvalue weighted by atomic mass is 9.89. The number of para-hydroxylation sites is 2. The molecule has 4 fully saturated rings. The van der Waals surface area contributed by atoms with Crippen molar-refractivity contribution in [2.24, 2.45) is 11.8 Å². The first kappa shape index (κ1) is 32.0. The van der Waals surface area contributed by atoms with Crippen LogP contribution in [-0.2, 0) is 19.1 Å². The lowest BCUT2D eigenvalue weighted by Crippen LogP contribution is -2.50. The smallest absolute Gasteiger partial charge is 0.311 e. The number of anilines is 1. The van der Waals surface area contributed by atoms with Gasteiger partial charge in [-0.15, -0.1) is 0 Å². The highest BCUT2D eigenvalue weighted by atomic mass is 16.5. The predicted octanol–water partition coefficient (Wildman–Crippen LogP) is 4.76. The van der Waals surface area contributed by atoms with Gasteiger partial charge in [0.05, 0.1) is 36.1 Å². The number of carbonyl (C=O) groups is 2. The number of esters is 2. The molecule has 246 valence electrons. The number of hydrogen-bond acceptors (Lipinski definition) is 9. The molecule has 6 rings (SSSR count). The van der Waals surface area contributed by atoms with Gasteiger partial charge in [-0.3, -0.25) is 24.2 Å². The first-order chi connectivity index (χ1) is 22.0. The monoisotopic (exact) mass is 621 g/mol. The molecule has 0 amide bonds. The van der Waals surface area contributed by atoms with Crippen molar-refractivity contribution < 1.29 is 19.1 Å². The predicted molar refractivity (Wildman–Crippen MR) is 174 cm³/mol. The summed E-state index contributed by atoms with van der Waals surface area (Å²) in [4.78, 5) is 49.1. The molecular weight excluding hydrogens is 570 g/mol. The van der Waals surface area contributed by atoms with Crippen LogP contribution in [0.4, 0.5) is 5.82 Å². The fourth-order valence-electron chi connectivity index (χ4n) is 8.73. The van der Waals surface area contributed by atoms with E-state index in [0.29, 0.717) is 50.1 Å². The molecule has 10 nitrogen and oxygen atoms in total. The maximum Gasteiger partial charge on any atom is 0.311 e. The summed E-state index contributed by atoms with van der Waals surface area (Å²) >= 11 is 0. The fraction of sp³-hybridized carbons (Fsp3) is 0.714. The van der Waals surface area contributed by atoms with Crippen LogP contribution in [-0.4, -0.2) is 88.8 Å². The van der Waals surface area contributed by atoms with Crippen LogP contribution >= 0.6 is 0 Å². The van der Waals surface area contributed by atoms with Crippen molar-refractivity contribution in [3.8, 4) is 0 Å². The van der Waals surface area contributed by atoms with Crippen LogP contribution in [0, 0.1) is 11.8 Å². The van der Waals surface area contributed by atoms with Gasteiger partial charge in [-0.05, 0) is 64.5 Å². The van der Waals surface area contributed by atoms with Gasteiger partial charge in [0.15, 0.2) is 5.82 Å². The zero-order valence-corrected chi connectivity index (χ0v) is 27.1. The average Bonchev–Trinajstić information content (AvgIpc) is 3.55. The molecule has 1 aromatic heterocycles. The molecule has 2 aromatic rings. The van der Waals surface area contributed by atoms with Crippen LogP contribution in [0.25, 0.3) is 11.0 Å². The number of ether oxygens (including phenoxy) is 2. The Labute approximate surface area is 266 Å². The molecule has 45 heavy (non-hydrogen) atoms. The minimum atomic E-state index is -0.552. The number of nitrogens with one attached hydrogen (secondary N) is 1. The molecule has 1 N–H and O–H groups in total.